The molecule has 1 aliphatic heterocycles. The maximum Gasteiger partial charge on any atom is 0.227 e. The molecule has 0 aliphatic carbocycles. The van der Waals surface area contributed by atoms with Crippen molar-refractivity contribution in [1.29, 1.82) is 0 Å². The van der Waals surface area contributed by atoms with Crippen molar-refractivity contribution in [2.24, 2.45) is 0 Å². The van der Waals surface area contributed by atoms with Gasteiger partial charge in [0, 0.05) is 54.1 Å². The van der Waals surface area contributed by atoms with Crippen LogP contribution in [0.4, 0.5) is 13.9 Å². The Morgan fingerprint density at radius 2 is 2.29 bits per heavy atom. The van der Waals surface area contributed by atoms with Crippen LogP contribution in [-0.4, -0.2) is 35.0 Å². The average Bonchev–Trinajstić information content (AvgIpc) is 2.98. The van der Waals surface area contributed by atoms with E-state index in [4.69, 9.17) is 0 Å². The summed E-state index contributed by atoms with van der Waals surface area (Å²) in [4.78, 5) is 17.0. The van der Waals surface area contributed by atoms with Gasteiger partial charge in [-0.1, -0.05) is 6.07 Å². The van der Waals surface area contributed by atoms with Gasteiger partial charge in [0.15, 0.2) is 5.13 Å². The van der Waals surface area contributed by atoms with E-state index in [0.29, 0.717) is 23.5 Å². The monoisotopic (exact) mass is 369 g/mol. The third kappa shape index (κ3) is 4.75. The zero-order valence-corrected chi connectivity index (χ0v) is 14.5. The van der Waals surface area contributed by atoms with E-state index in [0.717, 1.165) is 29.0 Å². The minimum atomic E-state index is -0.594. The summed E-state index contributed by atoms with van der Waals surface area (Å²) in [6.07, 6.45) is 2.34. The minimum absolute atomic E-state index is 0.0798. The van der Waals surface area contributed by atoms with Crippen molar-refractivity contribution in [3.63, 3.8) is 0 Å². The maximum absolute atomic E-state index is 13.7. The molecule has 1 aromatic heterocycles. The molecule has 1 atom stereocenters. The zero-order valence-electron chi connectivity index (χ0n) is 12.9. The van der Waals surface area contributed by atoms with E-state index in [2.05, 4.69) is 15.6 Å². The van der Waals surface area contributed by atoms with Crippen LogP contribution in [0.25, 0.3) is 0 Å². The average molecular weight is 369 g/mol. The van der Waals surface area contributed by atoms with E-state index >= 15 is 0 Å². The Hall–Kier alpha value is -1.51. The number of rotatable bonds is 5. The first kappa shape index (κ1) is 17.3. The molecule has 3 rings (SSSR count). The second-order valence-electron chi connectivity index (χ2n) is 5.52. The molecule has 1 saturated heterocycles. The number of aromatic nitrogens is 1. The number of benzene rings is 1. The van der Waals surface area contributed by atoms with E-state index < -0.39 is 11.6 Å². The van der Waals surface area contributed by atoms with E-state index in [1.165, 1.54) is 23.5 Å². The smallest absolute Gasteiger partial charge is 0.227 e. The van der Waals surface area contributed by atoms with Gasteiger partial charge in [-0.15, -0.1) is 11.3 Å². The number of nitrogens with one attached hydrogen (secondary N) is 2. The topological polar surface area (TPSA) is 54.0 Å². The van der Waals surface area contributed by atoms with Crippen LogP contribution < -0.4 is 10.6 Å². The van der Waals surface area contributed by atoms with Crippen molar-refractivity contribution < 1.29 is 13.6 Å². The summed E-state index contributed by atoms with van der Waals surface area (Å²) >= 11 is 3.14. The van der Waals surface area contributed by atoms with Gasteiger partial charge in [0.1, 0.15) is 11.6 Å². The fraction of sp³-hybridized carbons (Fsp3) is 0.375. The van der Waals surface area contributed by atoms with Gasteiger partial charge < -0.3 is 10.6 Å². The number of anilines is 1. The van der Waals surface area contributed by atoms with Crippen molar-refractivity contribution in [3.05, 3.63) is 46.5 Å². The highest BCUT2D eigenvalue weighted by Gasteiger charge is 2.17. The first-order valence-electron chi connectivity index (χ1n) is 7.60. The normalized spacial score (nSPS) is 17.7. The molecule has 8 heteroatoms. The van der Waals surface area contributed by atoms with Crippen LogP contribution >= 0.6 is 23.1 Å². The van der Waals surface area contributed by atoms with Gasteiger partial charge in [0.25, 0.3) is 0 Å². The third-order valence-corrected chi connectivity index (χ3v) is 5.65. The molecule has 2 heterocycles. The van der Waals surface area contributed by atoms with Gasteiger partial charge in [-0.05, 0) is 11.6 Å². The largest absolute Gasteiger partial charge is 0.312 e. The molecule has 0 saturated carbocycles. The number of carbonyl (C=O) groups is 1. The van der Waals surface area contributed by atoms with Crippen LogP contribution in [0.3, 0.4) is 0 Å². The number of hydrogen-bond acceptors (Lipinski definition) is 5. The summed E-state index contributed by atoms with van der Waals surface area (Å²) in [7, 11) is 0. The van der Waals surface area contributed by atoms with Crippen molar-refractivity contribution in [2.45, 2.75) is 18.9 Å². The lowest BCUT2D eigenvalue weighted by molar-refractivity contribution is -0.116. The first-order chi connectivity index (χ1) is 11.6. The summed E-state index contributed by atoms with van der Waals surface area (Å²) < 4.78 is 26.6. The van der Waals surface area contributed by atoms with Gasteiger partial charge in [0.2, 0.25) is 5.91 Å². The molecule has 2 N–H and O–H groups in total. The van der Waals surface area contributed by atoms with Crippen molar-refractivity contribution in [1.82, 2.24) is 10.3 Å². The molecule has 0 radical (unpaired) electrons. The lowest BCUT2D eigenvalue weighted by Gasteiger charge is -2.22. The number of hydrogen-bond donors (Lipinski definition) is 2. The Labute approximate surface area is 147 Å². The second-order valence-corrected chi connectivity index (χ2v) is 7.79. The van der Waals surface area contributed by atoms with E-state index in [1.807, 2.05) is 11.8 Å². The lowest BCUT2D eigenvalue weighted by Crippen LogP contribution is -2.39. The highest BCUT2D eigenvalue weighted by atomic mass is 32.2. The molecular formula is C16H17F2N3OS2. The molecule has 1 amide bonds. The van der Waals surface area contributed by atoms with Gasteiger partial charge >= 0.3 is 0 Å². The number of nitrogens with zero attached hydrogens (tertiary/aromatic N) is 1. The zero-order chi connectivity index (χ0) is 16.9. The highest BCUT2D eigenvalue weighted by Crippen LogP contribution is 2.23. The van der Waals surface area contributed by atoms with E-state index in [9.17, 15) is 13.6 Å². The highest BCUT2D eigenvalue weighted by molar-refractivity contribution is 7.99. The van der Waals surface area contributed by atoms with E-state index in [1.54, 1.807) is 6.20 Å². The van der Waals surface area contributed by atoms with Gasteiger partial charge in [-0.25, -0.2) is 13.8 Å². The number of halogens is 2. The van der Waals surface area contributed by atoms with Crippen LogP contribution in [0.1, 0.15) is 16.9 Å². The quantitative estimate of drug-likeness (QED) is 0.851. The Balaban J connectivity index is 1.55. The SMILES string of the molecule is O=C(CC1CSCCN1)Nc1ncc(Cc2ccc(F)cc2F)s1. The van der Waals surface area contributed by atoms with Crippen molar-refractivity contribution in [2.75, 3.05) is 23.4 Å². The fourth-order valence-electron chi connectivity index (χ4n) is 2.44. The summed E-state index contributed by atoms with van der Waals surface area (Å²) in [5.41, 5.74) is 0.404. The van der Waals surface area contributed by atoms with E-state index in [-0.39, 0.29) is 11.9 Å². The minimum Gasteiger partial charge on any atom is -0.312 e. The molecule has 1 aromatic carbocycles. The molecule has 4 nitrogen and oxygen atoms in total. The second kappa shape index (κ2) is 8.04. The summed E-state index contributed by atoms with van der Waals surface area (Å²) in [5, 5.41) is 6.60. The van der Waals surface area contributed by atoms with Crippen LogP contribution in [0.5, 0.6) is 0 Å². The third-order valence-electron chi connectivity index (χ3n) is 3.61. The molecule has 1 unspecified atom stereocenters. The number of amides is 1. The van der Waals surface area contributed by atoms with Gasteiger partial charge in [-0.3, -0.25) is 4.79 Å². The standard InChI is InChI=1S/C16H17F2N3OS2/c17-11-2-1-10(14(18)6-11)5-13-8-20-16(24-13)21-15(22)7-12-9-23-4-3-19-12/h1-2,6,8,12,19H,3-5,7,9H2,(H,20,21,22). The Bertz CT molecular complexity index is 717. The van der Waals surface area contributed by atoms with Crippen LogP contribution in [0.2, 0.25) is 0 Å². The predicted molar refractivity (Wildman–Crippen MR) is 93.6 cm³/mol. The molecule has 24 heavy (non-hydrogen) atoms. The molecule has 0 spiro atoms. The molecule has 2 aromatic rings. The summed E-state index contributed by atoms with van der Waals surface area (Å²) in [5.74, 6) is 0.760. The van der Waals surface area contributed by atoms with Crippen LogP contribution in [-0.2, 0) is 11.2 Å². The fourth-order valence-corrected chi connectivity index (χ4v) is 4.25. The van der Waals surface area contributed by atoms with Crippen molar-refractivity contribution in [3.8, 4) is 0 Å². The summed E-state index contributed by atoms with van der Waals surface area (Å²) in [6, 6.07) is 3.72. The van der Waals surface area contributed by atoms with Crippen LogP contribution in [0, 0.1) is 11.6 Å². The molecule has 1 fully saturated rings. The van der Waals surface area contributed by atoms with Gasteiger partial charge in [-0.2, -0.15) is 11.8 Å². The van der Waals surface area contributed by atoms with Gasteiger partial charge in [0.05, 0.1) is 0 Å². The summed E-state index contributed by atoms with van der Waals surface area (Å²) in [6.45, 7) is 0.924. The Morgan fingerprint density at radius 1 is 1.42 bits per heavy atom. The molecule has 0 bridgehead atoms. The molecular weight excluding hydrogens is 352 g/mol. The Morgan fingerprint density at radius 3 is 3.04 bits per heavy atom. The van der Waals surface area contributed by atoms with Crippen LogP contribution in [0.15, 0.2) is 24.4 Å². The maximum atomic E-state index is 13.7. The predicted octanol–water partition coefficient (Wildman–Crippen LogP) is 3.05. The molecule has 128 valence electrons. The lowest BCUT2D eigenvalue weighted by atomic mass is 10.1. The number of carbonyl (C=O) groups excluding carboxylic acids is 1. The molecule has 1 aliphatic rings. The number of thioether (sulfide) groups is 1. The number of thiazole rings is 1. The van der Waals surface area contributed by atoms with Crippen molar-refractivity contribution >= 4 is 34.1 Å². The first-order valence-corrected chi connectivity index (χ1v) is 9.57. The Kier molecular flexibility index (Phi) is 5.80.